The lowest BCUT2D eigenvalue weighted by molar-refractivity contribution is -0.130. The van der Waals surface area contributed by atoms with Gasteiger partial charge in [0, 0.05) is 36.6 Å². The van der Waals surface area contributed by atoms with Gasteiger partial charge in [0.1, 0.15) is 0 Å². The number of aromatic nitrogens is 1. The second-order valence-corrected chi connectivity index (χ2v) is 5.93. The highest BCUT2D eigenvalue weighted by atomic mass is 16.2. The summed E-state index contributed by atoms with van der Waals surface area (Å²) in [6.07, 6.45) is 3.37. The van der Waals surface area contributed by atoms with E-state index in [1.807, 2.05) is 4.90 Å². The van der Waals surface area contributed by atoms with Crippen LogP contribution in [0.1, 0.15) is 31.0 Å². The van der Waals surface area contributed by atoms with Crippen LogP contribution < -0.4 is 0 Å². The molecule has 0 aliphatic carbocycles. The Balaban J connectivity index is 1.74. The molecule has 0 spiro atoms. The van der Waals surface area contributed by atoms with E-state index in [1.165, 1.54) is 22.2 Å². The van der Waals surface area contributed by atoms with Gasteiger partial charge in [0.15, 0.2) is 0 Å². The first-order valence-electron chi connectivity index (χ1n) is 7.47. The molecule has 3 heteroatoms. The first-order chi connectivity index (χ1) is 9.65. The predicted molar refractivity (Wildman–Crippen MR) is 81.7 cm³/mol. The maximum absolute atomic E-state index is 11.4. The van der Waals surface area contributed by atoms with E-state index in [1.54, 1.807) is 6.92 Å². The lowest BCUT2D eigenvalue weighted by Gasteiger charge is -2.31. The van der Waals surface area contributed by atoms with Gasteiger partial charge >= 0.3 is 0 Å². The van der Waals surface area contributed by atoms with Gasteiger partial charge in [-0.1, -0.05) is 18.2 Å². The number of aryl methyl sites for hydroxylation is 1. The van der Waals surface area contributed by atoms with Crippen molar-refractivity contribution in [3.8, 4) is 0 Å². The monoisotopic (exact) mass is 270 g/mol. The van der Waals surface area contributed by atoms with Crippen molar-refractivity contribution in [1.82, 2.24) is 9.88 Å². The summed E-state index contributed by atoms with van der Waals surface area (Å²) >= 11 is 0. The van der Waals surface area contributed by atoms with Crippen molar-refractivity contribution < 1.29 is 4.79 Å². The molecule has 106 valence electrons. The highest BCUT2D eigenvalue weighted by Gasteiger charge is 2.22. The lowest BCUT2D eigenvalue weighted by Crippen LogP contribution is -2.37. The Hall–Kier alpha value is -1.77. The number of H-pyrrole nitrogens is 1. The van der Waals surface area contributed by atoms with Crippen molar-refractivity contribution in [1.29, 1.82) is 0 Å². The van der Waals surface area contributed by atoms with Crippen LogP contribution >= 0.6 is 0 Å². The molecule has 0 saturated carbocycles. The summed E-state index contributed by atoms with van der Waals surface area (Å²) in [6.45, 7) is 5.67. The molecule has 1 aromatic heterocycles. The van der Waals surface area contributed by atoms with Crippen molar-refractivity contribution in [2.45, 2.75) is 33.1 Å². The topological polar surface area (TPSA) is 36.1 Å². The van der Waals surface area contributed by atoms with Crippen molar-refractivity contribution in [2.75, 3.05) is 13.1 Å². The van der Waals surface area contributed by atoms with Crippen molar-refractivity contribution in [3.05, 3.63) is 35.5 Å². The van der Waals surface area contributed by atoms with E-state index >= 15 is 0 Å². The number of likely N-dealkylation sites (tertiary alicyclic amines) is 1. The molecule has 0 unspecified atom stereocenters. The number of hydrogen-bond acceptors (Lipinski definition) is 1. The minimum atomic E-state index is 0.215. The molecular weight excluding hydrogens is 248 g/mol. The lowest BCUT2D eigenvalue weighted by atomic mass is 9.89. The fourth-order valence-electron chi connectivity index (χ4n) is 3.34. The van der Waals surface area contributed by atoms with E-state index < -0.39 is 0 Å². The molecule has 0 radical (unpaired) electrons. The number of para-hydroxylation sites is 1. The third-order valence-electron chi connectivity index (χ3n) is 4.58. The molecule has 0 bridgehead atoms. The minimum Gasteiger partial charge on any atom is -0.358 e. The average molecular weight is 270 g/mol. The average Bonchev–Trinajstić information content (AvgIpc) is 2.76. The highest BCUT2D eigenvalue weighted by molar-refractivity contribution is 5.84. The molecule has 1 aliphatic rings. The van der Waals surface area contributed by atoms with Crippen molar-refractivity contribution >= 4 is 16.8 Å². The van der Waals surface area contributed by atoms with E-state index in [0.717, 1.165) is 32.4 Å². The molecule has 1 saturated heterocycles. The number of piperidine rings is 1. The van der Waals surface area contributed by atoms with Crippen LogP contribution in [-0.2, 0) is 11.2 Å². The Kier molecular flexibility index (Phi) is 3.51. The maximum Gasteiger partial charge on any atom is 0.219 e. The summed E-state index contributed by atoms with van der Waals surface area (Å²) in [5.74, 6) is 0.912. The van der Waals surface area contributed by atoms with Crippen LogP contribution in [0.3, 0.4) is 0 Å². The number of aromatic amines is 1. The van der Waals surface area contributed by atoms with Gasteiger partial charge in [-0.3, -0.25) is 4.79 Å². The Morgan fingerprint density at radius 2 is 2.00 bits per heavy atom. The number of fused-ring (bicyclic) bond motifs is 1. The van der Waals surface area contributed by atoms with Crippen LogP contribution in [0.15, 0.2) is 24.3 Å². The van der Waals surface area contributed by atoms with E-state index in [9.17, 15) is 4.79 Å². The van der Waals surface area contributed by atoms with Gasteiger partial charge in [0.25, 0.3) is 0 Å². The Morgan fingerprint density at radius 1 is 1.30 bits per heavy atom. The summed E-state index contributed by atoms with van der Waals surface area (Å²) in [4.78, 5) is 16.8. The molecule has 3 nitrogen and oxygen atoms in total. The number of nitrogens with zero attached hydrogens (tertiary/aromatic N) is 1. The van der Waals surface area contributed by atoms with Crippen LogP contribution in [0.5, 0.6) is 0 Å². The fraction of sp³-hybridized carbons (Fsp3) is 0.471. The molecule has 0 atom stereocenters. The molecule has 2 heterocycles. The molecule has 1 N–H and O–H groups in total. The number of rotatable bonds is 2. The van der Waals surface area contributed by atoms with Gasteiger partial charge < -0.3 is 9.88 Å². The standard InChI is InChI=1S/C17H22N2O/c1-12-16(15-5-3-4-6-17(15)18-12)11-14-7-9-19(10-8-14)13(2)20/h3-6,14,18H,7-11H2,1-2H3. The quantitative estimate of drug-likeness (QED) is 0.893. The maximum atomic E-state index is 11.4. The number of carbonyl (C=O) groups is 1. The van der Waals surface area contributed by atoms with Crippen LogP contribution in [-0.4, -0.2) is 28.9 Å². The van der Waals surface area contributed by atoms with Gasteiger partial charge in [-0.2, -0.15) is 0 Å². The van der Waals surface area contributed by atoms with Gasteiger partial charge in [0.2, 0.25) is 5.91 Å². The Morgan fingerprint density at radius 3 is 2.70 bits per heavy atom. The zero-order valence-corrected chi connectivity index (χ0v) is 12.3. The molecule has 1 fully saturated rings. The third kappa shape index (κ3) is 2.45. The first-order valence-corrected chi connectivity index (χ1v) is 7.47. The SMILES string of the molecule is CC(=O)N1CCC(Cc2c(C)[nH]c3ccccc23)CC1. The number of benzene rings is 1. The number of amides is 1. The number of carbonyl (C=O) groups excluding carboxylic acids is 1. The van der Waals surface area contributed by atoms with Gasteiger partial charge in [-0.25, -0.2) is 0 Å². The molecule has 3 rings (SSSR count). The largest absolute Gasteiger partial charge is 0.358 e. The first kappa shape index (κ1) is 13.2. The van der Waals surface area contributed by atoms with Crippen LogP contribution in [0.25, 0.3) is 10.9 Å². The molecular formula is C17H22N2O. The summed E-state index contributed by atoms with van der Waals surface area (Å²) in [7, 11) is 0. The van der Waals surface area contributed by atoms with Crippen molar-refractivity contribution in [3.63, 3.8) is 0 Å². The summed E-state index contributed by atoms with van der Waals surface area (Å²) < 4.78 is 0. The van der Waals surface area contributed by atoms with E-state index in [4.69, 9.17) is 0 Å². The summed E-state index contributed by atoms with van der Waals surface area (Å²) in [5, 5.41) is 1.36. The van der Waals surface area contributed by atoms with E-state index in [2.05, 4.69) is 36.2 Å². The molecule has 1 amide bonds. The second-order valence-electron chi connectivity index (χ2n) is 5.93. The fourth-order valence-corrected chi connectivity index (χ4v) is 3.34. The van der Waals surface area contributed by atoms with Crippen LogP contribution in [0, 0.1) is 12.8 Å². The number of hydrogen-bond donors (Lipinski definition) is 1. The normalized spacial score (nSPS) is 16.8. The molecule has 1 aromatic carbocycles. The summed E-state index contributed by atoms with van der Waals surface area (Å²) in [5.41, 5.74) is 3.99. The molecule has 1 aliphatic heterocycles. The highest BCUT2D eigenvalue weighted by Crippen LogP contribution is 2.28. The van der Waals surface area contributed by atoms with E-state index in [0.29, 0.717) is 5.92 Å². The van der Waals surface area contributed by atoms with E-state index in [-0.39, 0.29) is 5.91 Å². The summed E-state index contributed by atoms with van der Waals surface area (Å²) in [6, 6.07) is 8.54. The zero-order valence-electron chi connectivity index (χ0n) is 12.3. The van der Waals surface area contributed by atoms with Crippen LogP contribution in [0.2, 0.25) is 0 Å². The van der Waals surface area contributed by atoms with Crippen LogP contribution in [0.4, 0.5) is 0 Å². The molecule has 20 heavy (non-hydrogen) atoms. The van der Waals surface area contributed by atoms with Crippen molar-refractivity contribution in [2.24, 2.45) is 5.92 Å². The Bertz CT molecular complexity index is 621. The van der Waals surface area contributed by atoms with Gasteiger partial charge in [-0.05, 0) is 43.7 Å². The smallest absolute Gasteiger partial charge is 0.219 e. The van der Waals surface area contributed by atoms with Gasteiger partial charge in [0.05, 0.1) is 0 Å². The second kappa shape index (κ2) is 5.31. The minimum absolute atomic E-state index is 0.215. The molecule has 2 aromatic rings. The van der Waals surface area contributed by atoms with Gasteiger partial charge in [-0.15, -0.1) is 0 Å². The zero-order chi connectivity index (χ0) is 14.1. The predicted octanol–water partition coefficient (Wildman–Crippen LogP) is 3.28. The number of nitrogens with one attached hydrogen (secondary N) is 1. The third-order valence-corrected chi connectivity index (χ3v) is 4.58. The Labute approximate surface area is 120 Å².